The predicted molar refractivity (Wildman–Crippen MR) is 104 cm³/mol. The first-order valence-electron chi connectivity index (χ1n) is 9.87. The summed E-state index contributed by atoms with van der Waals surface area (Å²) in [5, 5.41) is 8.93. The van der Waals surface area contributed by atoms with Crippen LogP contribution in [-0.2, 0) is 17.6 Å². The number of fused-ring (bicyclic) bond motifs is 1. The van der Waals surface area contributed by atoms with Crippen LogP contribution in [0.15, 0.2) is 18.5 Å². The van der Waals surface area contributed by atoms with Gasteiger partial charge in [-0.3, -0.25) is 0 Å². The summed E-state index contributed by atoms with van der Waals surface area (Å²) in [6, 6.07) is 4.17. The number of morpholine rings is 1. The van der Waals surface area contributed by atoms with Gasteiger partial charge in [-0.15, -0.1) is 10.2 Å². The zero-order valence-corrected chi connectivity index (χ0v) is 15.5. The maximum absolute atomic E-state index is 5.40. The smallest absolute Gasteiger partial charge is 0.151 e. The van der Waals surface area contributed by atoms with Gasteiger partial charge in [-0.1, -0.05) is 0 Å². The van der Waals surface area contributed by atoms with Crippen molar-refractivity contribution in [3.63, 3.8) is 0 Å². The number of aryl methyl sites for hydroxylation is 1. The van der Waals surface area contributed by atoms with Crippen LogP contribution in [0.3, 0.4) is 0 Å². The summed E-state index contributed by atoms with van der Waals surface area (Å²) < 4.78 is 5.40. The van der Waals surface area contributed by atoms with Crippen LogP contribution in [-0.4, -0.2) is 72.6 Å². The number of hydrogen-bond donors (Lipinski definition) is 0. The van der Waals surface area contributed by atoms with Crippen molar-refractivity contribution in [3.8, 4) is 0 Å². The Bertz CT molecular complexity index is 783. The van der Waals surface area contributed by atoms with Gasteiger partial charge in [-0.25, -0.2) is 9.97 Å². The van der Waals surface area contributed by atoms with Gasteiger partial charge in [0.05, 0.1) is 13.2 Å². The number of piperazine rings is 1. The number of nitrogens with zero attached hydrogens (tertiary/aromatic N) is 7. The van der Waals surface area contributed by atoms with Crippen LogP contribution < -0.4 is 14.7 Å². The van der Waals surface area contributed by atoms with Crippen LogP contribution in [0.2, 0.25) is 0 Å². The first-order chi connectivity index (χ1) is 13.4. The van der Waals surface area contributed by atoms with Crippen LogP contribution in [0, 0.1) is 0 Å². The molecule has 4 heterocycles. The van der Waals surface area contributed by atoms with Crippen molar-refractivity contribution in [1.29, 1.82) is 0 Å². The summed E-state index contributed by atoms with van der Waals surface area (Å²) in [6.45, 7) is 7.07. The van der Waals surface area contributed by atoms with Crippen molar-refractivity contribution in [2.45, 2.75) is 19.3 Å². The van der Waals surface area contributed by atoms with E-state index in [1.165, 1.54) is 17.7 Å². The van der Waals surface area contributed by atoms with E-state index in [0.717, 1.165) is 82.8 Å². The molecule has 0 bridgehead atoms. The average molecular weight is 367 g/mol. The summed E-state index contributed by atoms with van der Waals surface area (Å²) in [5.41, 5.74) is 2.60. The van der Waals surface area contributed by atoms with E-state index in [4.69, 9.17) is 4.74 Å². The molecule has 2 fully saturated rings. The van der Waals surface area contributed by atoms with Crippen LogP contribution in [0.1, 0.15) is 17.7 Å². The summed E-state index contributed by atoms with van der Waals surface area (Å²) in [4.78, 5) is 16.0. The molecule has 2 saturated heterocycles. The third-order valence-corrected chi connectivity index (χ3v) is 5.73. The van der Waals surface area contributed by atoms with Gasteiger partial charge in [-0.05, 0) is 31.4 Å². The fourth-order valence-corrected chi connectivity index (χ4v) is 4.21. The molecule has 0 saturated carbocycles. The molecule has 0 amide bonds. The third-order valence-electron chi connectivity index (χ3n) is 5.73. The fraction of sp³-hybridized carbons (Fsp3) is 0.579. The third kappa shape index (κ3) is 3.29. The zero-order valence-electron chi connectivity index (χ0n) is 15.5. The van der Waals surface area contributed by atoms with E-state index in [9.17, 15) is 0 Å². The summed E-state index contributed by atoms with van der Waals surface area (Å²) in [7, 11) is 0. The lowest BCUT2D eigenvalue weighted by Crippen LogP contribution is -2.47. The quantitative estimate of drug-likeness (QED) is 0.793. The molecule has 0 N–H and O–H groups in total. The summed E-state index contributed by atoms with van der Waals surface area (Å²) >= 11 is 0. The Hall–Kier alpha value is -2.48. The van der Waals surface area contributed by atoms with E-state index in [0.29, 0.717) is 0 Å². The molecular formula is C19H25N7O. The Labute approximate surface area is 159 Å². The number of rotatable bonds is 3. The second kappa shape index (κ2) is 7.26. The highest BCUT2D eigenvalue weighted by atomic mass is 16.5. The number of hydrogen-bond acceptors (Lipinski definition) is 8. The Kier molecular flexibility index (Phi) is 4.49. The van der Waals surface area contributed by atoms with E-state index in [1.807, 2.05) is 0 Å². The molecule has 142 valence electrons. The van der Waals surface area contributed by atoms with Gasteiger partial charge >= 0.3 is 0 Å². The van der Waals surface area contributed by atoms with Crippen molar-refractivity contribution < 1.29 is 4.74 Å². The van der Waals surface area contributed by atoms with Crippen LogP contribution in [0.25, 0.3) is 0 Å². The maximum atomic E-state index is 5.40. The molecule has 0 unspecified atom stereocenters. The standard InChI is InChI=1S/C19H25N7O/c1-2-15-16(3-1)20-14-21-19(15)26-8-6-24(7-9-26)17-4-5-18(23-22-17)25-10-12-27-13-11-25/h4-5,14H,1-3,6-13H2. The Morgan fingerprint density at radius 2 is 1.41 bits per heavy atom. The zero-order chi connectivity index (χ0) is 18.1. The molecule has 0 radical (unpaired) electrons. The van der Waals surface area contributed by atoms with Crippen molar-refractivity contribution in [1.82, 2.24) is 20.2 Å². The molecule has 0 atom stereocenters. The fourth-order valence-electron chi connectivity index (χ4n) is 4.21. The molecule has 0 spiro atoms. The van der Waals surface area contributed by atoms with E-state index in [2.05, 4.69) is 47.0 Å². The van der Waals surface area contributed by atoms with Gasteiger partial charge < -0.3 is 19.4 Å². The number of aromatic nitrogens is 4. The van der Waals surface area contributed by atoms with Gasteiger partial charge in [-0.2, -0.15) is 0 Å². The molecule has 5 rings (SSSR count). The van der Waals surface area contributed by atoms with Gasteiger partial charge in [0.15, 0.2) is 11.6 Å². The van der Waals surface area contributed by atoms with Crippen LogP contribution >= 0.6 is 0 Å². The largest absolute Gasteiger partial charge is 0.378 e. The monoisotopic (exact) mass is 367 g/mol. The second-order valence-corrected chi connectivity index (χ2v) is 7.30. The minimum Gasteiger partial charge on any atom is -0.378 e. The lowest BCUT2D eigenvalue weighted by Gasteiger charge is -2.36. The van der Waals surface area contributed by atoms with Gasteiger partial charge in [0.25, 0.3) is 0 Å². The second-order valence-electron chi connectivity index (χ2n) is 7.30. The minimum atomic E-state index is 0.762. The molecule has 2 aliphatic heterocycles. The lowest BCUT2D eigenvalue weighted by atomic mass is 10.2. The average Bonchev–Trinajstić information content (AvgIpc) is 3.24. The highest BCUT2D eigenvalue weighted by molar-refractivity contribution is 5.53. The normalized spacial score (nSPS) is 20.1. The Morgan fingerprint density at radius 1 is 0.741 bits per heavy atom. The minimum absolute atomic E-state index is 0.762. The Balaban J connectivity index is 1.24. The van der Waals surface area contributed by atoms with Crippen LogP contribution in [0.4, 0.5) is 17.5 Å². The highest BCUT2D eigenvalue weighted by Crippen LogP contribution is 2.29. The van der Waals surface area contributed by atoms with Gasteiger partial charge in [0.2, 0.25) is 0 Å². The SMILES string of the molecule is c1nc2c(c(N3CCN(c4ccc(N5CCOCC5)nn4)CC3)n1)CCC2. The molecule has 0 aromatic carbocycles. The number of ether oxygens (including phenoxy) is 1. The number of anilines is 3. The summed E-state index contributed by atoms with van der Waals surface area (Å²) in [5.74, 6) is 3.04. The molecule has 8 nitrogen and oxygen atoms in total. The molecule has 2 aromatic rings. The summed E-state index contributed by atoms with van der Waals surface area (Å²) in [6.07, 6.45) is 5.13. The highest BCUT2D eigenvalue weighted by Gasteiger charge is 2.25. The molecule has 8 heteroatoms. The van der Waals surface area contributed by atoms with E-state index < -0.39 is 0 Å². The van der Waals surface area contributed by atoms with Gasteiger partial charge in [0.1, 0.15) is 12.1 Å². The lowest BCUT2D eigenvalue weighted by molar-refractivity contribution is 0.122. The topological polar surface area (TPSA) is 70.5 Å². The molecule has 2 aromatic heterocycles. The Morgan fingerprint density at radius 3 is 2.11 bits per heavy atom. The van der Waals surface area contributed by atoms with Crippen molar-refractivity contribution in [2.75, 3.05) is 67.2 Å². The first-order valence-corrected chi connectivity index (χ1v) is 9.87. The van der Waals surface area contributed by atoms with Crippen LogP contribution in [0.5, 0.6) is 0 Å². The van der Waals surface area contributed by atoms with E-state index >= 15 is 0 Å². The molecule has 27 heavy (non-hydrogen) atoms. The first kappa shape index (κ1) is 16.7. The van der Waals surface area contributed by atoms with Crippen molar-refractivity contribution >= 4 is 17.5 Å². The van der Waals surface area contributed by atoms with E-state index in [-0.39, 0.29) is 0 Å². The maximum Gasteiger partial charge on any atom is 0.151 e. The predicted octanol–water partition coefficient (Wildman–Crippen LogP) is 0.918. The van der Waals surface area contributed by atoms with E-state index in [1.54, 1.807) is 6.33 Å². The van der Waals surface area contributed by atoms with Gasteiger partial charge in [0, 0.05) is 50.5 Å². The van der Waals surface area contributed by atoms with Crippen molar-refractivity contribution in [2.24, 2.45) is 0 Å². The molecule has 3 aliphatic rings. The van der Waals surface area contributed by atoms with Crippen molar-refractivity contribution in [3.05, 3.63) is 29.7 Å². The molecule has 1 aliphatic carbocycles. The molecular weight excluding hydrogens is 342 g/mol.